The number of primary amides is 1. The van der Waals surface area contributed by atoms with Crippen LogP contribution in [0.25, 0.3) is 0 Å². The van der Waals surface area contributed by atoms with Crippen molar-refractivity contribution in [3.8, 4) is 11.5 Å². The lowest BCUT2D eigenvalue weighted by molar-refractivity contribution is -0.119. The van der Waals surface area contributed by atoms with E-state index in [1.54, 1.807) is 26.5 Å². The number of ether oxygens (including phenoxy) is 2. The topological polar surface area (TPSA) is 86.5 Å². The number of amides is 1. The van der Waals surface area contributed by atoms with Gasteiger partial charge in [-0.1, -0.05) is 0 Å². The van der Waals surface area contributed by atoms with Crippen LogP contribution in [0.1, 0.15) is 26.0 Å². The van der Waals surface area contributed by atoms with Crippen LogP contribution in [0.4, 0.5) is 0 Å². The summed E-state index contributed by atoms with van der Waals surface area (Å²) in [5, 5.41) is 3.23. The Bertz CT molecular complexity index is 447. The Balaban J connectivity index is 2.80. The molecule has 1 aromatic rings. The number of carbonyl (C=O) groups is 1. The third-order valence-electron chi connectivity index (χ3n) is 2.72. The normalized spacial score (nSPS) is 11.2. The minimum atomic E-state index is -0.401. The Hall–Kier alpha value is -1.82. The van der Waals surface area contributed by atoms with Gasteiger partial charge in [-0.3, -0.25) is 9.78 Å². The number of pyridine rings is 1. The van der Waals surface area contributed by atoms with Crippen LogP contribution in [0.2, 0.25) is 0 Å². The zero-order valence-corrected chi connectivity index (χ0v) is 11.8. The van der Waals surface area contributed by atoms with Crippen molar-refractivity contribution in [2.24, 2.45) is 5.73 Å². The number of rotatable bonds is 7. The molecular formula is C13H21N3O3. The van der Waals surface area contributed by atoms with E-state index in [0.717, 1.165) is 5.69 Å². The molecule has 1 heterocycles. The monoisotopic (exact) mass is 267 g/mol. The summed E-state index contributed by atoms with van der Waals surface area (Å²) in [6.45, 7) is 4.27. The molecule has 19 heavy (non-hydrogen) atoms. The number of carbonyl (C=O) groups excluding carboxylic acids is 1. The Morgan fingerprint density at radius 3 is 2.63 bits per heavy atom. The van der Waals surface area contributed by atoms with Crippen LogP contribution in [0.3, 0.4) is 0 Å². The van der Waals surface area contributed by atoms with E-state index in [1.165, 1.54) is 0 Å². The maximum absolute atomic E-state index is 11.0. The van der Waals surface area contributed by atoms with Crippen molar-refractivity contribution >= 4 is 5.91 Å². The maximum atomic E-state index is 11.0. The number of hydrogen-bond acceptors (Lipinski definition) is 5. The van der Waals surface area contributed by atoms with Crippen molar-refractivity contribution in [1.82, 2.24) is 10.3 Å². The second-order valence-corrected chi connectivity index (χ2v) is 4.87. The van der Waals surface area contributed by atoms with Crippen LogP contribution in [0.15, 0.2) is 12.3 Å². The Labute approximate surface area is 113 Å². The molecule has 3 N–H and O–H groups in total. The lowest BCUT2D eigenvalue weighted by atomic mass is 10.0. The van der Waals surface area contributed by atoms with Crippen LogP contribution in [0, 0.1) is 0 Å². The Morgan fingerprint density at radius 2 is 2.11 bits per heavy atom. The quantitative estimate of drug-likeness (QED) is 0.764. The molecule has 0 unspecified atom stereocenters. The van der Waals surface area contributed by atoms with Crippen molar-refractivity contribution in [1.29, 1.82) is 0 Å². The minimum Gasteiger partial charge on any atom is -0.493 e. The highest BCUT2D eigenvalue weighted by molar-refractivity contribution is 5.75. The Kier molecular flexibility index (Phi) is 5.11. The average Bonchev–Trinajstić information content (AvgIpc) is 2.34. The van der Waals surface area contributed by atoms with E-state index < -0.39 is 5.54 Å². The number of nitrogens with zero attached hydrogens (tertiary/aromatic N) is 1. The first kappa shape index (κ1) is 15.2. The third kappa shape index (κ3) is 4.40. The summed E-state index contributed by atoms with van der Waals surface area (Å²) in [5.74, 6) is 0.873. The fraction of sp³-hybridized carbons (Fsp3) is 0.538. The molecule has 0 aromatic carbocycles. The first-order valence-corrected chi connectivity index (χ1v) is 5.99. The number of aromatic nitrogens is 1. The SMILES string of the molecule is COc1ccnc(CNC(C)(C)CC(N)=O)c1OC. The third-order valence-corrected chi connectivity index (χ3v) is 2.72. The van der Waals surface area contributed by atoms with Gasteiger partial charge in [0.15, 0.2) is 11.5 Å². The molecule has 1 amide bonds. The van der Waals surface area contributed by atoms with Gasteiger partial charge in [0.2, 0.25) is 5.91 Å². The van der Waals surface area contributed by atoms with Gasteiger partial charge in [0.1, 0.15) is 0 Å². The van der Waals surface area contributed by atoms with E-state index >= 15 is 0 Å². The second kappa shape index (κ2) is 6.38. The summed E-state index contributed by atoms with van der Waals surface area (Å²) in [4.78, 5) is 15.2. The highest BCUT2D eigenvalue weighted by Gasteiger charge is 2.21. The zero-order chi connectivity index (χ0) is 14.5. The van der Waals surface area contributed by atoms with Gasteiger partial charge in [-0.25, -0.2) is 0 Å². The number of nitrogens with two attached hydrogens (primary N) is 1. The van der Waals surface area contributed by atoms with E-state index in [1.807, 2.05) is 13.8 Å². The predicted octanol–water partition coefficient (Wildman–Crippen LogP) is 0.842. The molecule has 106 valence electrons. The molecule has 1 rings (SSSR count). The molecule has 0 aliphatic heterocycles. The van der Waals surface area contributed by atoms with E-state index in [4.69, 9.17) is 15.2 Å². The van der Waals surface area contributed by atoms with Crippen LogP contribution in [0.5, 0.6) is 11.5 Å². The molecule has 0 radical (unpaired) electrons. The van der Waals surface area contributed by atoms with Crippen molar-refractivity contribution in [3.63, 3.8) is 0 Å². The zero-order valence-electron chi connectivity index (χ0n) is 11.8. The molecule has 6 heteroatoms. The summed E-state index contributed by atoms with van der Waals surface area (Å²) in [5.41, 5.74) is 5.53. The summed E-state index contributed by atoms with van der Waals surface area (Å²) < 4.78 is 10.5. The van der Waals surface area contributed by atoms with Gasteiger partial charge >= 0.3 is 0 Å². The summed E-state index contributed by atoms with van der Waals surface area (Å²) in [7, 11) is 3.14. The van der Waals surface area contributed by atoms with Crippen LogP contribution in [-0.4, -0.2) is 30.6 Å². The molecule has 0 bridgehead atoms. The fourth-order valence-electron chi connectivity index (χ4n) is 1.80. The molecular weight excluding hydrogens is 246 g/mol. The molecule has 0 fully saturated rings. The lowest BCUT2D eigenvalue weighted by Gasteiger charge is -2.25. The van der Waals surface area contributed by atoms with Gasteiger partial charge in [-0.15, -0.1) is 0 Å². The maximum Gasteiger partial charge on any atom is 0.219 e. The van der Waals surface area contributed by atoms with E-state index in [9.17, 15) is 4.79 Å². The standard InChI is InChI=1S/C13H21N3O3/c1-13(2,7-11(14)17)16-8-9-12(19-4)10(18-3)5-6-15-9/h5-6,16H,7-8H2,1-4H3,(H2,14,17). The molecule has 0 saturated heterocycles. The second-order valence-electron chi connectivity index (χ2n) is 4.87. The van der Waals surface area contributed by atoms with Gasteiger partial charge in [-0.2, -0.15) is 0 Å². The largest absolute Gasteiger partial charge is 0.493 e. The first-order chi connectivity index (χ1) is 8.89. The minimum absolute atomic E-state index is 0.249. The highest BCUT2D eigenvalue weighted by atomic mass is 16.5. The summed E-state index contributed by atoms with van der Waals surface area (Å²) in [6, 6.07) is 1.73. The molecule has 0 saturated carbocycles. The first-order valence-electron chi connectivity index (χ1n) is 5.99. The van der Waals surface area contributed by atoms with Gasteiger partial charge in [0.05, 0.1) is 19.9 Å². The van der Waals surface area contributed by atoms with Crippen LogP contribution >= 0.6 is 0 Å². The van der Waals surface area contributed by atoms with E-state index in [2.05, 4.69) is 10.3 Å². The van der Waals surface area contributed by atoms with Gasteiger partial charge < -0.3 is 20.5 Å². The predicted molar refractivity (Wildman–Crippen MR) is 72.1 cm³/mol. The van der Waals surface area contributed by atoms with Gasteiger partial charge in [0, 0.05) is 30.8 Å². The van der Waals surface area contributed by atoms with E-state index in [-0.39, 0.29) is 12.3 Å². The number of hydrogen-bond donors (Lipinski definition) is 2. The van der Waals surface area contributed by atoms with Crippen molar-refractivity contribution in [2.75, 3.05) is 14.2 Å². The summed E-state index contributed by atoms with van der Waals surface area (Å²) >= 11 is 0. The molecule has 1 aromatic heterocycles. The lowest BCUT2D eigenvalue weighted by Crippen LogP contribution is -2.42. The smallest absolute Gasteiger partial charge is 0.219 e. The van der Waals surface area contributed by atoms with Crippen molar-refractivity contribution in [3.05, 3.63) is 18.0 Å². The van der Waals surface area contributed by atoms with Crippen LogP contribution in [-0.2, 0) is 11.3 Å². The molecule has 6 nitrogen and oxygen atoms in total. The van der Waals surface area contributed by atoms with Crippen LogP contribution < -0.4 is 20.5 Å². The highest BCUT2D eigenvalue weighted by Crippen LogP contribution is 2.29. The van der Waals surface area contributed by atoms with Crippen molar-refractivity contribution < 1.29 is 14.3 Å². The van der Waals surface area contributed by atoms with Gasteiger partial charge in [0.25, 0.3) is 0 Å². The summed E-state index contributed by atoms with van der Waals surface area (Å²) in [6.07, 6.45) is 1.90. The molecule has 0 spiro atoms. The van der Waals surface area contributed by atoms with Crippen molar-refractivity contribution in [2.45, 2.75) is 32.4 Å². The molecule has 0 atom stereocenters. The molecule has 0 aliphatic carbocycles. The van der Waals surface area contributed by atoms with Gasteiger partial charge in [-0.05, 0) is 13.8 Å². The number of nitrogens with one attached hydrogen (secondary N) is 1. The average molecular weight is 267 g/mol. The Morgan fingerprint density at radius 1 is 1.42 bits per heavy atom. The fourth-order valence-corrected chi connectivity index (χ4v) is 1.80. The van der Waals surface area contributed by atoms with E-state index in [0.29, 0.717) is 18.0 Å². The molecule has 0 aliphatic rings. The number of methoxy groups -OCH3 is 2.